The average molecular weight is 362 g/mol. The first-order chi connectivity index (χ1) is 10.7. The van der Waals surface area contributed by atoms with Gasteiger partial charge in [0.15, 0.2) is 0 Å². The number of H-pyrrole nitrogens is 1. The van der Waals surface area contributed by atoms with E-state index in [0.29, 0.717) is 0 Å². The van der Waals surface area contributed by atoms with Crippen LogP contribution in [-0.2, 0) is 10.0 Å². The minimum Gasteiger partial charge on any atom is -0.478 e. The van der Waals surface area contributed by atoms with Crippen molar-refractivity contribution in [3.63, 3.8) is 0 Å². The Morgan fingerprint density at radius 3 is 2.65 bits per heavy atom. The van der Waals surface area contributed by atoms with Gasteiger partial charge in [-0.15, -0.1) is 21.1 Å². The van der Waals surface area contributed by atoms with Crippen molar-refractivity contribution in [2.45, 2.75) is 11.8 Å². The normalized spacial score (nSPS) is 11.2. The van der Waals surface area contributed by atoms with Gasteiger partial charge in [-0.1, -0.05) is 0 Å². The molecule has 0 unspecified atom stereocenters. The van der Waals surface area contributed by atoms with E-state index >= 15 is 0 Å². The molecule has 11 nitrogen and oxygen atoms in total. The molecular formula is C10H10N4O7S2. The highest BCUT2D eigenvalue weighted by atomic mass is 32.2. The van der Waals surface area contributed by atoms with Crippen molar-refractivity contribution >= 4 is 33.4 Å². The number of aromatic amines is 1. The first kappa shape index (κ1) is 16.7. The molecule has 0 bridgehead atoms. The fourth-order valence-electron chi connectivity index (χ4n) is 1.67. The van der Waals surface area contributed by atoms with Crippen LogP contribution in [0.2, 0.25) is 0 Å². The lowest BCUT2D eigenvalue weighted by Gasteiger charge is -2.06. The number of sulfonamides is 1. The molecule has 0 aromatic carbocycles. The number of carboxylic acids is 1. The number of methoxy groups -OCH3 is 1. The van der Waals surface area contributed by atoms with Crippen molar-refractivity contribution < 1.29 is 27.9 Å². The van der Waals surface area contributed by atoms with Gasteiger partial charge < -0.3 is 9.84 Å². The Balaban J connectivity index is 2.40. The Morgan fingerprint density at radius 1 is 1.48 bits per heavy atom. The first-order valence-corrected chi connectivity index (χ1v) is 8.15. The molecule has 0 aliphatic rings. The number of carboxylic acid groups (broad SMARTS) is 1. The quantitative estimate of drug-likeness (QED) is 0.662. The monoisotopic (exact) mass is 362 g/mol. The first-order valence-electron chi connectivity index (χ1n) is 5.79. The molecule has 13 heteroatoms. The predicted octanol–water partition coefficient (Wildman–Crippen LogP) is -0.405. The average Bonchev–Trinajstić information content (AvgIpc) is 3.01. The third-order valence-corrected chi connectivity index (χ3v) is 5.17. The number of nitrogens with one attached hydrogen (secondary N) is 2. The topological polar surface area (TPSA) is 160 Å². The van der Waals surface area contributed by atoms with Crippen LogP contribution in [0.15, 0.2) is 15.1 Å². The van der Waals surface area contributed by atoms with Crippen LogP contribution in [0.4, 0.5) is 4.79 Å². The molecule has 0 aliphatic carbocycles. The number of carbonyl (C=O) groups excluding carboxylic acids is 1. The van der Waals surface area contributed by atoms with Crippen molar-refractivity contribution in [2.24, 2.45) is 0 Å². The fourth-order valence-corrected chi connectivity index (χ4v) is 4.18. The van der Waals surface area contributed by atoms with Gasteiger partial charge in [0.05, 0.1) is 12.7 Å². The molecule has 0 fully saturated rings. The summed E-state index contributed by atoms with van der Waals surface area (Å²) in [6.07, 6.45) is 0. The Kier molecular flexibility index (Phi) is 4.24. The number of aryl methyl sites for hydroxylation is 1. The number of hydrogen-bond donors (Lipinski definition) is 3. The van der Waals surface area contributed by atoms with Gasteiger partial charge in [-0.25, -0.2) is 27.5 Å². The SMILES string of the molecule is COc1nn(C(=O)NS(=O)(=O)c2c(C(=O)O)csc2C)c(=O)[nH]1. The third-order valence-electron chi connectivity index (χ3n) is 2.62. The van der Waals surface area contributed by atoms with E-state index in [9.17, 15) is 22.8 Å². The molecule has 0 radical (unpaired) electrons. The molecule has 0 aliphatic heterocycles. The van der Waals surface area contributed by atoms with Gasteiger partial charge in [0.1, 0.15) is 4.90 Å². The largest absolute Gasteiger partial charge is 0.478 e. The molecule has 1 amide bonds. The highest BCUT2D eigenvalue weighted by Gasteiger charge is 2.29. The van der Waals surface area contributed by atoms with E-state index in [1.54, 1.807) is 4.72 Å². The lowest BCUT2D eigenvalue weighted by atomic mass is 10.3. The molecule has 23 heavy (non-hydrogen) atoms. The number of aromatic carboxylic acids is 1. The van der Waals surface area contributed by atoms with E-state index in [2.05, 4.69) is 14.8 Å². The summed E-state index contributed by atoms with van der Waals surface area (Å²) in [6, 6.07) is -1.67. The smallest absolute Gasteiger partial charge is 0.360 e. The molecule has 0 saturated carbocycles. The van der Waals surface area contributed by atoms with Crippen molar-refractivity contribution in [1.82, 2.24) is 19.5 Å². The zero-order chi connectivity index (χ0) is 17.4. The van der Waals surface area contributed by atoms with Gasteiger partial charge in [0, 0.05) is 10.3 Å². The third kappa shape index (κ3) is 3.09. The highest BCUT2D eigenvalue weighted by Crippen LogP contribution is 2.26. The van der Waals surface area contributed by atoms with E-state index < -0.39 is 38.2 Å². The summed E-state index contributed by atoms with van der Waals surface area (Å²) in [6.45, 7) is 1.39. The molecule has 0 atom stereocenters. The summed E-state index contributed by atoms with van der Waals surface area (Å²) in [4.78, 5) is 36.1. The second-order valence-corrected chi connectivity index (χ2v) is 6.80. The van der Waals surface area contributed by atoms with Gasteiger partial charge >= 0.3 is 23.7 Å². The van der Waals surface area contributed by atoms with Crippen LogP contribution < -0.4 is 15.1 Å². The Bertz CT molecular complexity index is 937. The molecule has 3 N–H and O–H groups in total. The van der Waals surface area contributed by atoms with Crippen LogP contribution >= 0.6 is 11.3 Å². The van der Waals surface area contributed by atoms with Crippen LogP contribution in [0, 0.1) is 6.92 Å². The van der Waals surface area contributed by atoms with Gasteiger partial charge in [-0.2, -0.15) is 0 Å². The summed E-state index contributed by atoms with van der Waals surface area (Å²) >= 11 is 0.898. The number of hydrogen-bond acceptors (Lipinski definition) is 8. The van der Waals surface area contributed by atoms with Crippen LogP contribution in [0.25, 0.3) is 0 Å². The predicted molar refractivity (Wildman–Crippen MR) is 76.5 cm³/mol. The molecule has 2 aromatic rings. The summed E-state index contributed by atoms with van der Waals surface area (Å²) < 4.78 is 30.9. The van der Waals surface area contributed by atoms with Crippen LogP contribution in [0.3, 0.4) is 0 Å². The number of aromatic nitrogens is 3. The van der Waals surface area contributed by atoms with E-state index in [0.717, 1.165) is 16.7 Å². The zero-order valence-electron chi connectivity index (χ0n) is 11.7. The summed E-state index contributed by atoms with van der Waals surface area (Å²) in [7, 11) is -3.32. The van der Waals surface area contributed by atoms with Crippen molar-refractivity contribution in [2.75, 3.05) is 7.11 Å². The molecule has 2 rings (SSSR count). The second-order valence-electron chi connectivity index (χ2n) is 4.10. The van der Waals surface area contributed by atoms with Crippen LogP contribution in [0.1, 0.15) is 15.2 Å². The summed E-state index contributed by atoms with van der Waals surface area (Å²) in [5.41, 5.74) is -1.49. The standard InChI is InChI=1S/C10H10N4O7S2/c1-4-6(5(3-22-4)7(15)16)23(19,20)13-10(18)14-9(17)11-8(12-14)21-2/h3H,1-2H3,(H,13,18)(H,15,16)(H,11,12,17). The van der Waals surface area contributed by atoms with Crippen LogP contribution in [-0.4, -0.2) is 47.4 Å². The van der Waals surface area contributed by atoms with Crippen molar-refractivity contribution in [1.29, 1.82) is 0 Å². The molecule has 2 heterocycles. The minimum absolute atomic E-state index is 0.176. The molecule has 0 saturated heterocycles. The van der Waals surface area contributed by atoms with Gasteiger partial charge in [0.25, 0.3) is 10.0 Å². The number of thiophene rings is 1. The maximum Gasteiger partial charge on any atom is 0.360 e. The molecule has 2 aromatic heterocycles. The van der Waals surface area contributed by atoms with E-state index in [1.807, 2.05) is 0 Å². The molecular weight excluding hydrogens is 352 g/mol. The number of carbonyl (C=O) groups is 2. The highest BCUT2D eigenvalue weighted by molar-refractivity contribution is 7.90. The second kappa shape index (κ2) is 5.85. The molecule has 0 spiro atoms. The maximum absolute atomic E-state index is 12.2. The van der Waals surface area contributed by atoms with Crippen LogP contribution in [0.5, 0.6) is 6.01 Å². The number of rotatable bonds is 4. The summed E-state index contributed by atoms with van der Waals surface area (Å²) in [5, 5.41) is 13.6. The zero-order valence-corrected chi connectivity index (χ0v) is 13.3. The minimum atomic E-state index is -4.51. The van der Waals surface area contributed by atoms with E-state index in [4.69, 9.17) is 5.11 Å². The van der Waals surface area contributed by atoms with Gasteiger partial charge in [0.2, 0.25) is 0 Å². The van der Waals surface area contributed by atoms with Crippen molar-refractivity contribution in [3.8, 4) is 6.01 Å². The van der Waals surface area contributed by atoms with Gasteiger partial charge in [-0.3, -0.25) is 4.98 Å². The Hall–Kier alpha value is -2.67. The lowest BCUT2D eigenvalue weighted by molar-refractivity contribution is 0.0693. The fraction of sp³-hybridized carbons (Fsp3) is 0.200. The van der Waals surface area contributed by atoms with Crippen molar-refractivity contribution in [3.05, 3.63) is 26.3 Å². The Labute approximate surface area is 132 Å². The maximum atomic E-state index is 12.2. The Morgan fingerprint density at radius 2 is 2.13 bits per heavy atom. The number of ether oxygens (including phenoxy) is 1. The van der Waals surface area contributed by atoms with Gasteiger partial charge in [-0.05, 0) is 6.92 Å². The lowest BCUT2D eigenvalue weighted by Crippen LogP contribution is -2.39. The van der Waals surface area contributed by atoms with E-state index in [-0.39, 0.29) is 15.6 Å². The van der Waals surface area contributed by atoms with E-state index in [1.165, 1.54) is 14.0 Å². The number of amides is 1. The number of nitrogens with zero attached hydrogens (tertiary/aromatic N) is 2. The summed E-state index contributed by atoms with van der Waals surface area (Å²) in [5.74, 6) is -1.46. The molecule has 124 valence electrons.